The van der Waals surface area contributed by atoms with Crippen LogP contribution in [0.25, 0.3) is 0 Å². The van der Waals surface area contributed by atoms with Gasteiger partial charge in [-0.2, -0.15) is 0 Å². The van der Waals surface area contributed by atoms with Crippen LogP contribution >= 0.6 is 27.5 Å². The van der Waals surface area contributed by atoms with E-state index >= 15 is 0 Å². The van der Waals surface area contributed by atoms with Crippen LogP contribution in [-0.4, -0.2) is 40.2 Å². The number of aromatic hydroxyl groups is 1. The average Bonchev–Trinajstić information content (AvgIpc) is 2.77. The normalized spacial score (nSPS) is 12.5. The summed E-state index contributed by atoms with van der Waals surface area (Å²) in [6, 6.07) is 10.1. The molecule has 2 rings (SSSR count). The van der Waals surface area contributed by atoms with Crippen molar-refractivity contribution in [3.05, 3.63) is 57.0 Å². The number of hydrogen-bond donors (Lipinski definition) is 3. The monoisotopic (exact) mass is 554 g/mol. The Morgan fingerprint density at radius 1 is 1.27 bits per heavy atom. The SMILES string of the molecule is CCS(=O)N[C@H](C(=O)NCCc1cc(O)c(OCC#Cc2ccc(Cl)cc2)c(Br)c1)C(C)C. The van der Waals surface area contributed by atoms with E-state index in [9.17, 15) is 14.1 Å². The predicted octanol–water partition coefficient (Wildman–Crippen LogP) is 4.20. The van der Waals surface area contributed by atoms with Crippen LogP contribution in [0.1, 0.15) is 31.9 Å². The van der Waals surface area contributed by atoms with Crippen molar-refractivity contribution in [2.45, 2.75) is 33.2 Å². The molecule has 0 saturated carbocycles. The van der Waals surface area contributed by atoms with E-state index in [0.29, 0.717) is 34.0 Å². The lowest BCUT2D eigenvalue weighted by molar-refractivity contribution is -0.123. The van der Waals surface area contributed by atoms with Crippen molar-refractivity contribution in [2.75, 3.05) is 18.9 Å². The molecule has 0 fully saturated rings. The lowest BCUT2D eigenvalue weighted by Gasteiger charge is -2.21. The van der Waals surface area contributed by atoms with Gasteiger partial charge in [-0.15, -0.1) is 0 Å². The van der Waals surface area contributed by atoms with E-state index in [-0.39, 0.29) is 24.2 Å². The number of amides is 1. The molecular formula is C24H28BrClN2O4S. The van der Waals surface area contributed by atoms with E-state index in [1.165, 1.54) is 0 Å². The fraction of sp³-hybridized carbons (Fsp3) is 0.375. The van der Waals surface area contributed by atoms with E-state index < -0.39 is 17.0 Å². The van der Waals surface area contributed by atoms with Gasteiger partial charge < -0.3 is 15.2 Å². The molecule has 0 bridgehead atoms. The minimum atomic E-state index is -1.24. The highest BCUT2D eigenvalue weighted by Crippen LogP contribution is 2.35. The average molecular weight is 556 g/mol. The molecule has 2 atom stereocenters. The second kappa shape index (κ2) is 13.6. The molecule has 0 spiro atoms. The first-order valence-electron chi connectivity index (χ1n) is 10.5. The summed E-state index contributed by atoms with van der Waals surface area (Å²) >= 11 is 9.28. The molecule has 0 aliphatic rings. The Morgan fingerprint density at radius 2 is 1.97 bits per heavy atom. The number of benzene rings is 2. The van der Waals surface area contributed by atoms with E-state index in [4.69, 9.17) is 16.3 Å². The molecule has 0 aliphatic heterocycles. The summed E-state index contributed by atoms with van der Waals surface area (Å²) in [4.78, 5) is 12.5. The van der Waals surface area contributed by atoms with Gasteiger partial charge in [-0.25, -0.2) is 8.93 Å². The maximum atomic E-state index is 12.5. The van der Waals surface area contributed by atoms with Crippen molar-refractivity contribution >= 4 is 44.4 Å². The zero-order valence-corrected chi connectivity index (χ0v) is 21.9. The summed E-state index contributed by atoms with van der Waals surface area (Å²) in [6.07, 6.45) is 0.510. The number of nitrogens with one attached hydrogen (secondary N) is 2. The molecule has 1 amide bonds. The fourth-order valence-corrected chi connectivity index (χ4v) is 4.42. The number of halogens is 2. The van der Waals surface area contributed by atoms with Gasteiger partial charge >= 0.3 is 0 Å². The standard InChI is InChI=1S/C24H28BrClN2O4S/c1-4-33(31)28-22(16(2)3)24(30)27-12-11-18-14-20(25)23(21(29)15-18)32-13-5-6-17-7-9-19(26)10-8-17/h7-10,14-16,22,28-29H,4,11-13H2,1-3H3,(H,27,30)/t22-,33?/m0/s1. The maximum absolute atomic E-state index is 12.5. The van der Waals surface area contributed by atoms with E-state index in [1.54, 1.807) is 25.1 Å². The summed E-state index contributed by atoms with van der Waals surface area (Å²) in [7, 11) is -1.24. The highest BCUT2D eigenvalue weighted by molar-refractivity contribution is 9.10. The Hall–Kier alpha value is -2.05. The topological polar surface area (TPSA) is 87.7 Å². The number of carbonyl (C=O) groups is 1. The lowest BCUT2D eigenvalue weighted by Crippen LogP contribution is -2.48. The Balaban J connectivity index is 1.90. The molecule has 0 aromatic heterocycles. The third kappa shape index (κ3) is 9.01. The van der Waals surface area contributed by atoms with Crippen LogP contribution in [0.2, 0.25) is 5.02 Å². The number of hydrogen-bond acceptors (Lipinski definition) is 4. The smallest absolute Gasteiger partial charge is 0.238 e. The quantitative estimate of drug-likeness (QED) is 0.384. The van der Waals surface area contributed by atoms with E-state index in [1.807, 2.05) is 32.0 Å². The molecule has 2 aromatic carbocycles. The van der Waals surface area contributed by atoms with Crippen LogP contribution in [0.4, 0.5) is 0 Å². The molecule has 0 saturated heterocycles. The molecule has 9 heteroatoms. The molecule has 6 nitrogen and oxygen atoms in total. The summed E-state index contributed by atoms with van der Waals surface area (Å²) in [5, 5.41) is 13.9. The van der Waals surface area contributed by atoms with Crippen molar-refractivity contribution in [2.24, 2.45) is 5.92 Å². The van der Waals surface area contributed by atoms with Crippen molar-refractivity contribution in [3.63, 3.8) is 0 Å². The van der Waals surface area contributed by atoms with Gasteiger partial charge in [-0.3, -0.25) is 4.79 Å². The van der Waals surface area contributed by atoms with Crippen LogP contribution in [0.3, 0.4) is 0 Å². The summed E-state index contributed by atoms with van der Waals surface area (Å²) < 4.78 is 20.8. The van der Waals surface area contributed by atoms with Gasteiger partial charge in [0.15, 0.2) is 11.5 Å². The molecule has 0 heterocycles. The lowest BCUT2D eigenvalue weighted by atomic mass is 10.0. The number of ether oxygens (including phenoxy) is 1. The molecule has 3 N–H and O–H groups in total. The third-order valence-corrected chi connectivity index (χ3v) is 6.51. The summed E-state index contributed by atoms with van der Waals surface area (Å²) in [5.74, 6) is 6.39. The largest absolute Gasteiger partial charge is 0.504 e. The first-order chi connectivity index (χ1) is 15.7. The molecule has 2 aromatic rings. The first-order valence-corrected chi connectivity index (χ1v) is 13.0. The van der Waals surface area contributed by atoms with Gasteiger partial charge in [0.05, 0.1) is 15.5 Å². The van der Waals surface area contributed by atoms with Gasteiger partial charge in [-0.05, 0) is 70.2 Å². The highest BCUT2D eigenvalue weighted by Gasteiger charge is 2.23. The number of phenolic OH excluding ortho intramolecular Hbond substituents is 1. The number of phenols is 1. The number of carbonyl (C=O) groups excluding carboxylic acids is 1. The van der Waals surface area contributed by atoms with Gasteiger partial charge in [-0.1, -0.05) is 44.2 Å². The zero-order valence-electron chi connectivity index (χ0n) is 18.8. The molecule has 0 aliphatic carbocycles. The van der Waals surface area contributed by atoms with Crippen LogP contribution in [0.15, 0.2) is 40.9 Å². The van der Waals surface area contributed by atoms with E-state index in [2.05, 4.69) is 37.8 Å². The number of rotatable bonds is 10. The van der Waals surface area contributed by atoms with Crippen LogP contribution in [-0.2, 0) is 22.2 Å². The molecule has 178 valence electrons. The summed E-state index contributed by atoms with van der Waals surface area (Å²) in [5.41, 5.74) is 1.64. The van der Waals surface area contributed by atoms with Crippen LogP contribution in [0.5, 0.6) is 11.5 Å². The Kier molecular flexibility index (Phi) is 11.2. The van der Waals surface area contributed by atoms with Crippen molar-refractivity contribution in [1.29, 1.82) is 0 Å². The minimum Gasteiger partial charge on any atom is -0.504 e. The molecule has 0 radical (unpaired) electrons. The van der Waals surface area contributed by atoms with Gasteiger partial charge in [0.2, 0.25) is 5.91 Å². The first kappa shape index (κ1) is 27.2. The highest BCUT2D eigenvalue weighted by atomic mass is 79.9. The van der Waals surface area contributed by atoms with Crippen LogP contribution < -0.4 is 14.8 Å². The Morgan fingerprint density at radius 3 is 2.58 bits per heavy atom. The van der Waals surface area contributed by atoms with Gasteiger partial charge in [0.25, 0.3) is 0 Å². The van der Waals surface area contributed by atoms with Crippen molar-refractivity contribution < 1.29 is 18.8 Å². The maximum Gasteiger partial charge on any atom is 0.238 e. The molecule has 33 heavy (non-hydrogen) atoms. The van der Waals surface area contributed by atoms with Gasteiger partial charge in [0.1, 0.15) is 12.6 Å². The molecular weight excluding hydrogens is 528 g/mol. The van der Waals surface area contributed by atoms with Gasteiger partial charge in [0, 0.05) is 22.9 Å². The van der Waals surface area contributed by atoms with Crippen molar-refractivity contribution in [1.82, 2.24) is 10.0 Å². The molecule has 1 unspecified atom stereocenters. The zero-order chi connectivity index (χ0) is 24.4. The summed E-state index contributed by atoms with van der Waals surface area (Å²) in [6.45, 7) is 6.08. The van der Waals surface area contributed by atoms with Crippen LogP contribution in [0, 0.1) is 17.8 Å². The van der Waals surface area contributed by atoms with Crippen molar-refractivity contribution in [3.8, 4) is 23.3 Å². The minimum absolute atomic E-state index is 0.00193. The Bertz CT molecular complexity index is 1010. The predicted molar refractivity (Wildman–Crippen MR) is 137 cm³/mol. The second-order valence-corrected chi connectivity index (χ2v) is 10.3. The Labute approximate surface area is 211 Å². The third-order valence-electron chi connectivity index (χ3n) is 4.63. The fourth-order valence-electron chi connectivity index (χ4n) is 2.86. The van der Waals surface area contributed by atoms with E-state index in [0.717, 1.165) is 11.1 Å². The second-order valence-electron chi connectivity index (χ2n) is 7.54.